The van der Waals surface area contributed by atoms with E-state index in [2.05, 4.69) is 0 Å². The van der Waals surface area contributed by atoms with Crippen molar-refractivity contribution >= 4 is 17.7 Å². The Morgan fingerprint density at radius 3 is 2.54 bits per heavy atom. The number of carboxylic acids is 1. The van der Waals surface area contributed by atoms with Crippen LogP contribution in [-0.2, 0) is 9.59 Å². The molecule has 0 bridgehead atoms. The molecule has 0 radical (unpaired) electrons. The molecule has 2 atom stereocenters. The average molecular weight is 331 g/mol. The van der Waals surface area contributed by atoms with E-state index in [-0.39, 0.29) is 37.0 Å². The highest BCUT2D eigenvalue weighted by Crippen LogP contribution is 2.23. The topological polar surface area (TPSA) is 74.7 Å². The van der Waals surface area contributed by atoms with Gasteiger partial charge in [0.15, 0.2) is 5.78 Å². The fourth-order valence-corrected chi connectivity index (χ4v) is 3.28. The third-order valence-electron chi connectivity index (χ3n) is 4.62. The normalized spacial score (nSPS) is 20.7. The zero-order valence-corrected chi connectivity index (χ0v) is 14.5. The van der Waals surface area contributed by atoms with Gasteiger partial charge in [-0.05, 0) is 37.8 Å². The Kier molecular flexibility index (Phi) is 5.75. The molecule has 0 saturated carbocycles. The zero-order chi connectivity index (χ0) is 17.9. The molecule has 1 amide bonds. The van der Waals surface area contributed by atoms with Crippen molar-refractivity contribution in [2.75, 3.05) is 13.1 Å². The molecule has 1 aromatic rings. The first-order chi connectivity index (χ1) is 11.3. The number of carboxylic acid groups (broad SMARTS) is 1. The molecule has 2 rings (SSSR count). The van der Waals surface area contributed by atoms with Crippen LogP contribution in [0.4, 0.5) is 0 Å². The van der Waals surface area contributed by atoms with Crippen LogP contribution in [0.1, 0.15) is 47.7 Å². The van der Waals surface area contributed by atoms with E-state index in [9.17, 15) is 19.5 Å². The van der Waals surface area contributed by atoms with E-state index < -0.39 is 11.9 Å². The van der Waals surface area contributed by atoms with Crippen molar-refractivity contribution in [3.8, 4) is 0 Å². The van der Waals surface area contributed by atoms with Gasteiger partial charge in [0.2, 0.25) is 5.91 Å². The quantitative estimate of drug-likeness (QED) is 0.842. The minimum atomic E-state index is -0.856. The molecule has 24 heavy (non-hydrogen) atoms. The number of carbonyl (C=O) groups excluding carboxylic acids is 2. The Balaban J connectivity index is 1.96. The summed E-state index contributed by atoms with van der Waals surface area (Å²) in [5.41, 5.74) is 2.60. The number of likely N-dealkylation sites (tertiary alicyclic amines) is 1. The number of nitrogens with zero attached hydrogens (tertiary/aromatic N) is 1. The van der Waals surface area contributed by atoms with Crippen LogP contribution in [0.3, 0.4) is 0 Å². The molecule has 0 aromatic heterocycles. The molecule has 1 fully saturated rings. The van der Waals surface area contributed by atoms with Gasteiger partial charge in [0.05, 0.1) is 5.92 Å². The monoisotopic (exact) mass is 331 g/mol. The number of hydrogen-bond donors (Lipinski definition) is 1. The molecule has 0 aliphatic carbocycles. The molecule has 2 unspecified atom stereocenters. The smallest absolute Gasteiger partial charge is 0.308 e. The van der Waals surface area contributed by atoms with Crippen molar-refractivity contribution in [1.82, 2.24) is 4.90 Å². The predicted octanol–water partition coefficient (Wildman–Crippen LogP) is 2.84. The molecule has 1 N–H and O–H groups in total. The van der Waals surface area contributed by atoms with Crippen LogP contribution < -0.4 is 0 Å². The van der Waals surface area contributed by atoms with Crippen LogP contribution in [0, 0.1) is 25.7 Å². The Morgan fingerprint density at radius 2 is 1.88 bits per heavy atom. The average Bonchev–Trinajstić information content (AvgIpc) is 2.53. The number of aliphatic carboxylic acids is 1. The minimum absolute atomic E-state index is 0.0376. The molecular formula is C19H25NO4. The van der Waals surface area contributed by atoms with E-state index in [0.29, 0.717) is 18.5 Å². The number of rotatable bonds is 5. The number of aryl methyl sites for hydroxylation is 2. The lowest BCUT2D eigenvalue weighted by atomic mass is 9.90. The molecule has 130 valence electrons. The van der Waals surface area contributed by atoms with E-state index in [1.807, 2.05) is 39.0 Å². The van der Waals surface area contributed by atoms with Gasteiger partial charge in [0.1, 0.15) is 0 Å². The maximum Gasteiger partial charge on any atom is 0.308 e. The highest BCUT2D eigenvalue weighted by Gasteiger charge is 2.31. The summed E-state index contributed by atoms with van der Waals surface area (Å²) in [5.74, 6) is -1.37. The fourth-order valence-electron chi connectivity index (χ4n) is 3.28. The van der Waals surface area contributed by atoms with Crippen LogP contribution in [0.2, 0.25) is 0 Å². The van der Waals surface area contributed by atoms with E-state index in [1.54, 1.807) is 4.90 Å². The highest BCUT2D eigenvalue weighted by atomic mass is 16.4. The van der Waals surface area contributed by atoms with Crippen LogP contribution in [0.25, 0.3) is 0 Å². The zero-order valence-electron chi connectivity index (χ0n) is 14.5. The van der Waals surface area contributed by atoms with E-state index in [4.69, 9.17) is 0 Å². The lowest BCUT2D eigenvalue weighted by molar-refractivity contribution is -0.146. The third kappa shape index (κ3) is 4.43. The van der Waals surface area contributed by atoms with Gasteiger partial charge in [-0.3, -0.25) is 14.4 Å². The van der Waals surface area contributed by atoms with Gasteiger partial charge >= 0.3 is 5.97 Å². The summed E-state index contributed by atoms with van der Waals surface area (Å²) < 4.78 is 0. The molecule has 5 nitrogen and oxygen atoms in total. The summed E-state index contributed by atoms with van der Waals surface area (Å²) in [6.07, 6.45) is 0.886. The first-order valence-corrected chi connectivity index (χ1v) is 8.39. The highest BCUT2D eigenvalue weighted by molar-refractivity contribution is 5.99. The second-order valence-corrected chi connectivity index (χ2v) is 6.92. The second-order valence-electron chi connectivity index (χ2n) is 6.92. The Morgan fingerprint density at radius 1 is 1.17 bits per heavy atom. The Bertz CT molecular complexity index is 653. The molecule has 5 heteroatoms. The maximum absolute atomic E-state index is 12.4. The van der Waals surface area contributed by atoms with Crippen LogP contribution in [0.15, 0.2) is 18.2 Å². The number of piperidine rings is 1. The summed E-state index contributed by atoms with van der Waals surface area (Å²) in [7, 11) is 0. The largest absolute Gasteiger partial charge is 0.481 e. The fraction of sp³-hybridized carbons (Fsp3) is 0.526. The third-order valence-corrected chi connectivity index (χ3v) is 4.62. The van der Waals surface area contributed by atoms with Crippen LogP contribution >= 0.6 is 0 Å². The molecule has 1 saturated heterocycles. The number of ketones is 1. The van der Waals surface area contributed by atoms with Gasteiger partial charge in [-0.25, -0.2) is 0 Å². The lowest BCUT2D eigenvalue weighted by Gasteiger charge is -2.34. The van der Waals surface area contributed by atoms with Crippen LogP contribution in [0.5, 0.6) is 0 Å². The summed E-state index contributed by atoms with van der Waals surface area (Å²) >= 11 is 0. The minimum Gasteiger partial charge on any atom is -0.481 e. The van der Waals surface area contributed by atoms with Crippen molar-refractivity contribution in [2.24, 2.45) is 11.8 Å². The van der Waals surface area contributed by atoms with Gasteiger partial charge in [0.25, 0.3) is 0 Å². The van der Waals surface area contributed by atoms with Crippen LogP contribution in [-0.4, -0.2) is 40.8 Å². The first kappa shape index (κ1) is 18.2. The Hall–Kier alpha value is -2.17. The SMILES string of the molecule is Cc1ccc(C)c(C(=O)CCC(=O)N2CC(C)CC(C(=O)O)C2)c1. The van der Waals surface area contributed by atoms with Gasteiger partial charge < -0.3 is 10.0 Å². The number of hydrogen-bond acceptors (Lipinski definition) is 3. The number of amides is 1. The van der Waals surface area contributed by atoms with Crippen molar-refractivity contribution in [3.05, 3.63) is 34.9 Å². The lowest BCUT2D eigenvalue weighted by Crippen LogP contribution is -2.45. The number of carbonyl (C=O) groups is 3. The summed E-state index contributed by atoms with van der Waals surface area (Å²) in [4.78, 5) is 37.6. The number of Topliss-reactive ketones (excluding diaryl/α,β-unsaturated/α-hetero) is 1. The van der Waals surface area contributed by atoms with Gasteiger partial charge in [-0.2, -0.15) is 0 Å². The van der Waals surface area contributed by atoms with Gasteiger partial charge in [0, 0.05) is 31.5 Å². The van der Waals surface area contributed by atoms with E-state index in [1.165, 1.54) is 0 Å². The molecular weight excluding hydrogens is 306 g/mol. The van der Waals surface area contributed by atoms with E-state index in [0.717, 1.165) is 11.1 Å². The molecule has 1 heterocycles. The predicted molar refractivity (Wildman–Crippen MR) is 91.0 cm³/mol. The molecule has 1 aliphatic heterocycles. The summed E-state index contributed by atoms with van der Waals surface area (Å²) in [6.45, 7) is 6.59. The van der Waals surface area contributed by atoms with Crippen molar-refractivity contribution in [3.63, 3.8) is 0 Å². The first-order valence-electron chi connectivity index (χ1n) is 8.39. The van der Waals surface area contributed by atoms with Crippen molar-refractivity contribution < 1.29 is 19.5 Å². The molecule has 0 spiro atoms. The molecule has 1 aliphatic rings. The summed E-state index contributed by atoms with van der Waals surface area (Å²) in [6, 6.07) is 5.72. The molecule has 1 aromatic carbocycles. The van der Waals surface area contributed by atoms with E-state index >= 15 is 0 Å². The van der Waals surface area contributed by atoms with Crippen molar-refractivity contribution in [1.29, 1.82) is 0 Å². The van der Waals surface area contributed by atoms with Gasteiger partial charge in [-0.1, -0.05) is 24.6 Å². The Labute approximate surface area is 142 Å². The van der Waals surface area contributed by atoms with Gasteiger partial charge in [-0.15, -0.1) is 0 Å². The number of benzene rings is 1. The summed E-state index contributed by atoms with van der Waals surface area (Å²) in [5, 5.41) is 9.19. The maximum atomic E-state index is 12.4. The van der Waals surface area contributed by atoms with Crippen molar-refractivity contribution in [2.45, 2.75) is 40.0 Å². The second kappa shape index (κ2) is 7.60. The standard InChI is InChI=1S/C19H25NO4/c1-12-4-5-14(3)16(9-12)17(21)6-7-18(22)20-10-13(2)8-15(11-20)19(23)24/h4-5,9,13,15H,6-8,10-11H2,1-3H3,(H,23,24).